The van der Waals surface area contributed by atoms with Crippen LogP contribution in [0.15, 0.2) is 0 Å². The molecule has 0 aliphatic heterocycles. The Morgan fingerprint density at radius 3 is 0.745 bits per heavy atom. The van der Waals surface area contributed by atoms with Crippen molar-refractivity contribution in [2.75, 3.05) is 39.6 Å². The summed E-state index contributed by atoms with van der Waals surface area (Å²) < 4.78 is 68.7. The van der Waals surface area contributed by atoms with Gasteiger partial charge >= 0.3 is 39.5 Å². The van der Waals surface area contributed by atoms with Crippen molar-refractivity contribution in [2.24, 2.45) is 17.8 Å². The van der Waals surface area contributed by atoms with Gasteiger partial charge in [0.15, 0.2) is 12.2 Å². The molecule has 0 aromatic heterocycles. The topological polar surface area (TPSA) is 237 Å². The minimum atomic E-state index is -4.96. The lowest BCUT2D eigenvalue weighted by Gasteiger charge is -2.21. The molecule has 6 atom stereocenters. The number of esters is 4. The van der Waals surface area contributed by atoms with Crippen LogP contribution in [0.2, 0.25) is 0 Å². The molecule has 0 bridgehead atoms. The van der Waals surface area contributed by atoms with E-state index in [0.717, 1.165) is 114 Å². The predicted molar refractivity (Wildman–Crippen MR) is 418 cm³/mol. The second-order valence-corrected chi connectivity index (χ2v) is 34.0. The molecule has 0 aromatic rings. The molecule has 0 aromatic carbocycles. The molecule has 0 aliphatic rings. The van der Waals surface area contributed by atoms with Gasteiger partial charge in [-0.1, -0.05) is 382 Å². The molecule has 19 heteroatoms. The summed E-state index contributed by atoms with van der Waals surface area (Å²) in [5, 5.41) is 10.6. The molecule has 3 unspecified atom stereocenters. The van der Waals surface area contributed by atoms with Gasteiger partial charge in [0, 0.05) is 25.7 Å². The van der Waals surface area contributed by atoms with Crippen molar-refractivity contribution < 1.29 is 80.2 Å². The zero-order valence-electron chi connectivity index (χ0n) is 67.1. The fraction of sp³-hybridized carbons (Fsp3) is 0.952. The van der Waals surface area contributed by atoms with Crippen LogP contribution in [0.1, 0.15) is 434 Å². The maximum absolute atomic E-state index is 13.1. The maximum atomic E-state index is 13.1. The number of aliphatic hydroxyl groups excluding tert-OH is 1. The van der Waals surface area contributed by atoms with Crippen LogP contribution in [0.25, 0.3) is 0 Å². The van der Waals surface area contributed by atoms with E-state index in [2.05, 4.69) is 48.5 Å². The van der Waals surface area contributed by atoms with E-state index in [1.807, 2.05) is 0 Å². The van der Waals surface area contributed by atoms with E-state index >= 15 is 0 Å². The van der Waals surface area contributed by atoms with Crippen molar-refractivity contribution in [3.8, 4) is 0 Å². The lowest BCUT2D eigenvalue weighted by molar-refractivity contribution is -0.161. The highest BCUT2D eigenvalue weighted by Crippen LogP contribution is 2.45. The molecular formula is C83H162O17P2. The number of carbonyl (C=O) groups excluding carboxylic acids is 4. The maximum Gasteiger partial charge on any atom is 0.472 e. The molecule has 0 heterocycles. The summed E-state index contributed by atoms with van der Waals surface area (Å²) in [4.78, 5) is 73.0. The first-order valence-corrected chi connectivity index (χ1v) is 45.9. The van der Waals surface area contributed by atoms with E-state index in [0.29, 0.717) is 25.7 Å². The highest BCUT2D eigenvalue weighted by Gasteiger charge is 2.30. The predicted octanol–water partition coefficient (Wildman–Crippen LogP) is 24.9. The molecule has 606 valence electrons. The Kier molecular flexibility index (Phi) is 71.8. The van der Waals surface area contributed by atoms with Crippen molar-refractivity contribution in [3.63, 3.8) is 0 Å². The van der Waals surface area contributed by atoms with Crippen LogP contribution in [0.5, 0.6) is 0 Å². The van der Waals surface area contributed by atoms with Crippen LogP contribution in [-0.2, 0) is 65.4 Å². The first kappa shape index (κ1) is 100. The van der Waals surface area contributed by atoms with E-state index in [4.69, 9.17) is 37.0 Å². The third kappa shape index (κ3) is 74.9. The third-order valence-electron chi connectivity index (χ3n) is 19.7. The summed E-state index contributed by atoms with van der Waals surface area (Å²) in [6.07, 6.45) is 62.7. The number of hydrogen-bond donors (Lipinski definition) is 3. The first-order chi connectivity index (χ1) is 49.3. The summed E-state index contributed by atoms with van der Waals surface area (Å²) in [5.41, 5.74) is 0. The van der Waals surface area contributed by atoms with Crippen LogP contribution >= 0.6 is 15.6 Å². The lowest BCUT2D eigenvalue weighted by atomic mass is 10.00. The number of hydrogen-bond acceptors (Lipinski definition) is 15. The Balaban J connectivity index is 5.21. The van der Waals surface area contributed by atoms with E-state index in [9.17, 15) is 43.2 Å². The highest BCUT2D eigenvalue weighted by molar-refractivity contribution is 7.47. The monoisotopic (exact) mass is 1490 g/mol. The van der Waals surface area contributed by atoms with Crippen LogP contribution in [0.4, 0.5) is 0 Å². The van der Waals surface area contributed by atoms with E-state index < -0.39 is 97.5 Å². The molecule has 0 saturated carbocycles. The Labute approximate surface area is 626 Å². The fourth-order valence-electron chi connectivity index (χ4n) is 12.8. The lowest BCUT2D eigenvalue weighted by Crippen LogP contribution is -2.30. The summed E-state index contributed by atoms with van der Waals surface area (Å²) >= 11 is 0. The summed E-state index contributed by atoms with van der Waals surface area (Å²) in [6, 6.07) is 0. The number of carbonyl (C=O) groups is 4. The van der Waals surface area contributed by atoms with E-state index in [1.54, 1.807) is 0 Å². The quantitative estimate of drug-likeness (QED) is 0.0222. The SMILES string of the molecule is CCCCCCCCCCCCCCCCCCCCCCCCC(=O)O[C@H](COC(=O)CCCCCCCCCCCCCCCCCC(C)C)COP(=O)(O)OC[C@@H](O)COP(=O)(O)OC[C@@H](COC(=O)CCCCCCCCC(C)CC)OC(=O)CCCCCCCCCCCC(C)C. The van der Waals surface area contributed by atoms with Gasteiger partial charge in [0.25, 0.3) is 0 Å². The molecule has 0 radical (unpaired) electrons. The number of phosphoric ester groups is 2. The van der Waals surface area contributed by atoms with Crippen LogP contribution in [0, 0.1) is 17.8 Å². The zero-order chi connectivity index (χ0) is 75.1. The first-order valence-electron chi connectivity index (χ1n) is 42.9. The van der Waals surface area contributed by atoms with Gasteiger partial charge in [0.1, 0.15) is 19.3 Å². The standard InChI is InChI=1S/C83H162O17P2/c1-8-10-11-12-13-14-15-16-17-18-19-20-21-22-23-26-30-33-38-43-52-59-66-82(87)99-78(70-93-80(85)64-57-50-42-37-32-29-27-24-25-28-31-35-40-47-54-61-74(3)4)72-97-101(89,90)95-68-77(84)69-96-102(91,92)98-73-79(71-94-81(86)65-58-51-46-45-49-56-63-76(7)9-2)100-83(88)67-60-53-44-39-34-36-41-48-55-62-75(5)6/h74-79,84H,8-73H2,1-7H3,(H,89,90)(H,91,92)/t76?,77-,78-,79-/m1/s1. The Morgan fingerprint density at radius 1 is 0.284 bits per heavy atom. The van der Waals surface area contributed by atoms with Crippen molar-refractivity contribution in [1.29, 1.82) is 0 Å². The number of phosphoric acid groups is 2. The second-order valence-electron chi connectivity index (χ2n) is 31.1. The minimum absolute atomic E-state index is 0.104. The third-order valence-corrected chi connectivity index (χ3v) is 21.6. The van der Waals surface area contributed by atoms with Crippen LogP contribution in [0.3, 0.4) is 0 Å². The van der Waals surface area contributed by atoms with Gasteiger partial charge in [0.2, 0.25) is 0 Å². The summed E-state index contributed by atoms with van der Waals surface area (Å²) in [5.74, 6) is 0.161. The molecule has 3 N–H and O–H groups in total. The number of rotatable bonds is 81. The van der Waals surface area contributed by atoms with Gasteiger partial charge in [-0.15, -0.1) is 0 Å². The average Bonchev–Trinajstić information content (AvgIpc) is 0.904. The van der Waals surface area contributed by atoms with Gasteiger partial charge in [-0.05, 0) is 43.4 Å². The summed E-state index contributed by atoms with van der Waals surface area (Å²) in [6.45, 7) is 11.9. The Morgan fingerprint density at radius 2 is 0.500 bits per heavy atom. The van der Waals surface area contributed by atoms with Gasteiger partial charge in [-0.25, -0.2) is 9.13 Å². The number of aliphatic hydroxyl groups is 1. The fourth-order valence-corrected chi connectivity index (χ4v) is 14.4. The molecule has 0 saturated heterocycles. The highest BCUT2D eigenvalue weighted by atomic mass is 31.2. The molecule has 102 heavy (non-hydrogen) atoms. The van der Waals surface area contributed by atoms with Gasteiger partial charge < -0.3 is 33.8 Å². The normalized spacial score (nSPS) is 14.2. The van der Waals surface area contributed by atoms with Crippen molar-refractivity contribution in [1.82, 2.24) is 0 Å². The molecule has 0 spiro atoms. The Bertz CT molecular complexity index is 1980. The van der Waals surface area contributed by atoms with Crippen LogP contribution < -0.4 is 0 Å². The van der Waals surface area contributed by atoms with Gasteiger partial charge in [-0.2, -0.15) is 0 Å². The van der Waals surface area contributed by atoms with Crippen molar-refractivity contribution in [2.45, 2.75) is 452 Å². The average molecular weight is 1490 g/mol. The van der Waals surface area contributed by atoms with E-state index in [1.165, 1.54) is 238 Å². The molecule has 0 amide bonds. The Hall–Kier alpha value is -1.94. The molecule has 0 aliphatic carbocycles. The second kappa shape index (κ2) is 73.2. The van der Waals surface area contributed by atoms with E-state index in [-0.39, 0.29) is 25.7 Å². The van der Waals surface area contributed by atoms with Crippen molar-refractivity contribution >= 4 is 39.5 Å². The number of ether oxygens (including phenoxy) is 4. The zero-order valence-corrected chi connectivity index (χ0v) is 68.9. The van der Waals surface area contributed by atoms with Gasteiger partial charge in [0.05, 0.1) is 26.4 Å². The minimum Gasteiger partial charge on any atom is -0.462 e. The molecule has 0 fully saturated rings. The molecule has 17 nitrogen and oxygen atoms in total. The van der Waals surface area contributed by atoms with Crippen LogP contribution in [-0.4, -0.2) is 96.7 Å². The smallest absolute Gasteiger partial charge is 0.462 e. The van der Waals surface area contributed by atoms with Gasteiger partial charge in [-0.3, -0.25) is 37.3 Å². The van der Waals surface area contributed by atoms with Crippen molar-refractivity contribution in [3.05, 3.63) is 0 Å². The summed E-state index contributed by atoms with van der Waals surface area (Å²) in [7, 11) is -9.92. The largest absolute Gasteiger partial charge is 0.472 e. The number of unbranched alkanes of at least 4 members (excludes halogenated alkanes) is 48. The molecule has 0 rings (SSSR count). The molecular weight excluding hydrogens is 1330 g/mol.